The smallest absolute Gasteiger partial charge is 0.338 e. The number of amides is 1. The number of furan rings is 1. The first-order chi connectivity index (χ1) is 7.56. The molecule has 1 heterocycles. The van der Waals surface area contributed by atoms with Crippen LogP contribution in [-0.2, 0) is 0 Å². The SMILES string of the molecule is CCCCN(C)C(=O)c1cc(C(=O)O)co1. The zero-order valence-corrected chi connectivity index (χ0v) is 9.40. The number of aromatic carboxylic acids is 1. The third-order valence-corrected chi connectivity index (χ3v) is 2.25. The summed E-state index contributed by atoms with van der Waals surface area (Å²) in [4.78, 5) is 23.8. The first kappa shape index (κ1) is 12.3. The minimum atomic E-state index is -1.10. The zero-order chi connectivity index (χ0) is 12.1. The van der Waals surface area contributed by atoms with Crippen LogP contribution in [0.1, 0.15) is 40.7 Å². The maximum atomic E-state index is 11.7. The molecule has 0 saturated heterocycles. The predicted octanol–water partition coefficient (Wildman–Crippen LogP) is 1.85. The fourth-order valence-corrected chi connectivity index (χ4v) is 1.25. The molecule has 1 N–H and O–H groups in total. The van der Waals surface area contributed by atoms with Crippen LogP contribution in [0, 0.1) is 0 Å². The highest BCUT2D eigenvalue weighted by Gasteiger charge is 2.17. The fourth-order valence-electron chi connectivity index (χ4n) is 1.25. The van der Waals surface area contributed by atoms with Crippen LogP contribution in [0.2, 0.25) is 0 Å². The summed E-state index contributed by atoms with van der Waals surface area (Å²) in [6.07, 6.45) is 2.98. The van der Waals surface area contributed by atoms with E-state index in [0.29, 0.717) is 6.54 Å². The van der Waals surface area contributed by atoms with Gasteiger partial charge in [-0.3, -0.25) is 4.79 Å². The molecule has 0 aliphatic rings. The van der Waals surface area contributed by atoms with Crippen molar-refractivity contribution in [1.29, 1.82) is 0 Å². The molecule has 1 aromatic heterocycles. The zero-order valence-electron chi connectivity index (χ0n) is 9.40. The number of hydrogen-bond acceptors (Lipinski definition) is 3. The van der Waals surface area contributed by atoms with Gasteiger partial charge in [0.2, 0.25) is 0 Å². The van der Waals surface area contributed by atoms with Gasteiger partial charge in [-0.1, -0.05) is 13.3 Å². The third-order valence-electron chi connectivity index (χ3n) is 2.25. The van der Waals surface area contributed by atoms with Crippen LogP contribution in [0.15, 0.2) is 16.7 Å². The van der Waals surface area contributed by atoms with Gasteiger partial charge in [-0.05, 0) is 6.42 Å². The lowest BCUT2D eigenvalue weighted by atomic mass is 10.3. The molecule has 5 heteroatoms. The van der Waals surface area contributed by atoms with E-state index in [4.69, 9.17) is 9.52 Å². The van der Waals surface area contributed by atoms with E-state index in [1.807, 2.05) is 6.92 Å². The first-order valence-electron chi connectivity index (χ1n) is 5.13. The number of carboxylic acids is 1. The molecule has 0 bridgehead atoms. The third kappa shape index (κ3) is 2.85. The van der Waals surface area contributed by atoms with E-state index >= 15 is 0 Å². The van der Waals surface area contributed by atoms with Crippen LogP contribution in [0.5, 0.6) is 0 Å². The number of rotatable bonds is 5. The normalized spacial score (nSPS) is 10.1. The van der Waals surface area contributed by atoms with E-state index in [1.54, 1.807) is 7.05 Å². The molecule has 0 aliphatic carbocycles. The van der Waals surface area contributed by atoms with Gasteiger partial charge in [-0.15, -0.1) is 0 Å². The van der Waals surface area contributed by atoms with Crippen molar-refractivity contribution >= 4 is 11.9 Å². The van der Waals surface area contributed by atoms with Crippen LogP contribution in [0.4, 0.5) is 0 Å². The molecule has 0 fully saturated rings. The Balaban J connectivity index is 2.68. The van der Waals surface area contributed by atoms with Gasteiger partial charge >= 0.3 is 5.97 Å². The highest BCUT2D eigenvalue weighted by atomic mass is 16.4. The summed E-state index contributed by atoms with van der Waals surface area (Å²) >= 11 is 0. The maximum absolute atomic E-state index is 11.7. The van der Waals surface area contributed by atoms with Crippen molar-refractivity contribution in [3.8, 4) is 0 Å². The van der Waals surface area contributed by atoms with Crippen LogP contribution in [0.25, 0.3) is 0 Å². The van der Waals surface area contributed by atoms with Gasteiger partial charge in [0.05, 0.1) is 5.56 Å². The molecule has 1 amide bonds. The number of hydrogen-bond donors (Lipinski definition) is 1. The monoisotopic (exact) mass is 225 g/mol. The van der Waals surface area contributed by atoms with E-state index in [-0.39, 0.29) is 17.2 Å². The molecule has 0 spiro atoms. The molecule has 0 atom stereocenters. The summed E-state index contributed by atoms with van der Waals surface area (Å²) in [6.45, 7) is 2.67. The molecule has 0 unspecified atom stereocenters. The lowest BCUT2D eigenvalue weighted by Crippen LogP contribution is -2.27. The Bertz CT molecular complexity index is 383. The molecular formula is C11H15NO4. The number of carboxylic acid groups (broad SMARTS) is 1. The van der Waals surface area contributed by atoms with Gasteiger partial charge < -0.3 is 14.4 Å². The van der Waals surface area contributed by atoms with Gasteiger partial charge in [-0.2, -0.15) is 0 Å². The van der Waals surface area contributed by atoms with E-state index < -0.39 is 5.97 Å². The van der Waals surface area contributed by atoms with Crippen molar-refractivity contribution in [2.24, 2.45) is 0 Å². The summed E-state index contributed by atoms with van der Waals surface area (Å²) in [5.74, 6) is -1.32. The van der Waals surface area contributed by atoms with Crippen molar-refractivity contribution < 1.29 is 19.1 Å². The topological polar surface area (TPSA) is 70.8 Å². The van der Waals surface area contributed by atoms with E-state index in [2.05, 4.69) is 0 Å². The molecule has 5 nitrogen and oxygen atoms in total. The fraction of sp³-hybridized carbons (Fsp3) is 0.455. The molecule has 0 aromatic carbocycles. The van der Waals surface area contributed by atoms with Crippen LogP contribution in [-0.4, -0.2) is 35.5 Å². The van der Waals surface area contributed by atoms with Crippen molar-refractivity contribution in [2.45, 2.75) is 19.8 Å². The Kier molecular flexibility index (Phi) is 4.10. The van der Waals surface area contributed by atoms with Crippen molar-refractivity contribution in [2.75, 3.05) is 13.6 Å². The number of nitrogens with zero attached hydrogens (tertiary/aromatic N) is 1. The Hall–Kier alpha value is -1.78. The predicted molar refractivity (Wildman–Crippen MR) is 57.5 cm³/mol. The van der Waals surface area contributed by atoms with Gasteiger partial charge in [0.25, 0.3) is 5.91 Å². The van der Waals surface area contributed by atoms with Gasteiger partial charge in [0.15, 0.2) is 5.76 Å². The largest absolute Gasteiger partial charge is 0.478 e. The van der Waals surface area contributed by atoms with Gasteiger partial charge in [-0.25, -0.2) is 4.79 Å². The van der Waals surface area contributed by atoms with Crippen LogP contribution < -0.4 is 0 Å². The Morgan fingerprint density at radius 3 is 2.69 bits per heavy atom. The molecule has 1 rings (SSSR count). The summed E-state index contributed by atoms with van der Waals surface area (Å²) in [7, 11) is 1.67. The Morgan fingerprint density at radius 1 is 1.50 bits per heavy atom. The number of unbranched alkanes of at least 4 members (excludes halogenated alkanes) is 1. The lowest BCUT2D eigenvalue weighted by Gasteiger charge is -2.14. The second-order valence-corrected chi connectivity index (χ2v) is 3.59. The highest BCUT2D eigenvalue weighted by Crippen LogP contribution is 2.10. The first-order valence-corrected chi connectivity index (χ1v) is 5.13. The Labute approximate surface area is 93.7 Å². The van der Waals surface area contributed by atoms with Crippen molar-refractivity contribution in [3.05, 3.63) is 23.7 Å². The lowest BCUT2D eigenvalue weighted by molar-refractivity contribution is 0.0695. The molecule has 0 radical (unpaired) electrons. The summed E-state index contributed by atoms with van der Waals surface area (Å²) in [6, 6.07) is 1.24. The number of carbonyl (C=O) groups excluding carboxylic acids is 1. The second kappa shape index (κ2) is 5.34. The Morgan fingerprint density at radius 2 is 2.19 bits per heavy atom. The maximum Gasteiger partial charge on any atom is 0.338 e. The van der Waals surface area contributed by atoms with Crippen LogP contribution in [0.3, 0.4) is 0 Å². The molecule has 1 aromatic rings. The van der Waals surface area contributed by atoms with E-state index in [0.717, 1.165) is 19.1 Å². The average molecular weight is 225 g/mol. The van der Waals surface area contributed by atoms with Crippen LogP contribution >= 0.6 is 0 Å². The standard InChI is InChI=1S/C11H15NO4/c1-3-4-5-12(2)10(13)9-6-8(7-16-9)11(14)15/h6-7H,3-5H2,1-2H3,(H,14,15). The second-order valence-electron chi connectivity index (χ2n) is 3.59. The summed E-state index contributed by atoms with van der Waals surface area (Å²) in [5, 5.41) is 8.68. The average Bonchev–Trinajstić information content (AvgIpc) is 2.74. The molecule has 16 heavy (non-hydrogen) atoms. The summed E-state index contributed by atoms with van der Waals surface area (Å²) < 4.78 is 4.92. The van der Waals surface area contributed by atoms with Gasteiger partial charge in [0.1, 0.15) is 6.26 Å². The highest BCUT2D eigenvalue weighted by molar-refractivity contribution is 5.95. The minimum Gasteiger partial charge on any atom is -0.478 e. The molecule has 88 valence electrons. The van der Waals surface area contributed by atoms with E-state index in [9.17, 15) is 9.59 Å². The number of carbonyl (C=O) groups is 2. The molecule has 0 aliphatic heterocycles. The van der Waals surface area contributed by atoms with E-state index in [1.165, 1.54) is 11.0 Å². The molecule has 0 saturated carbocycles. The van der Waals surface area contributed by atoms with Crippen molar-refractivity contribution in [1.82, 2.24) is 4.90 Å². The van der Waals surface area contributed by atoms with Crippen molar-refractivity contribution in [3.63, 3.8) is 0 Å². The quantitative estimate of drug-likeness (QED) is 0.830. The summed E-state index contributed by atoms with van der Waals surface area (Å²) in [5.41, 5.74) is -0.00718. The molecular weight excluding hydrogens is 210 g/mol. The minimum absolute atomic E-state index is 0.00718. The van der Waals surface area contributed by atoms with Gasteiger partial charge in [0, 0.05) is 19.7 Å².